The van der Waals surface area contributed by atoms with E-state index in [2.05, 4.69) is 10.6 Å². The highest BCUT2D eigenvalue weighted by Gasteiger charge is 2.30. The van der Waals surface area contributed by atoms with Crippen LogP contribution in [0.1, 0.15) is 12.8 Å². The molecule has 1 saturated heterocycles. The molecule has 23 heavy (non-hydrogen) atoms. The first kappa shape index (κ1) is 17.3. The Morgan fingerprint density at radius 1 is 1.30 bits per heavy atom. The van der Waals surface area contributed by atoms with E-state index in [1.165, 1.54) is 0 Å². The normalized spacial score (nSPS) is 17.7. The molecule has 1 atom stereocenters. The van der Waals surface area contributed by atoms with Gasteiger partial charge in [-0.1, -0.05) is 18.2 Å². The fraction of sp³-hybridized carbons (Fsp3) is 0.529. The summed E-state index contributed by atoms with van der Waals surface area (Å²) in [5, 5.41) is 5.93. The number of para-hydroxylation sites is 1. The smallest absolute Gasteiger partial charge is 0.321 e. The number of benzene rings is 1. The zero-order valence-corrected chi connectivity index (χ0v) is 13.9. The molecule has 0 bridgehead atoms. The molecule has 0 aliphatic carbocycles. The number of piperidine rings is 1. The minimum Gasteiger partial charge on any atom is -0.344 e. The molecule has 1 aliphatic heterocycles. The van der Waals surface area contributed by atoms with Crippen LogP contribution in [-0.4, -0.2) is 62.0 Å². The summed E-state index contributed by atoms with van der Waals surface area (Å²) in [7, 11) is 3.69. The van der Waals surface area contributed by atoms with E-state index in [0.29, 0.717) is 19.6 Å². The third-order valence-electron chi connectivity index (χ3n) is 4.16. The molecule has 126 valence electrons. The first-order chi connectivity index (χ1) is 11.1. The number of amides is 3. The molecule has 1 heterocycles. The summed E-state index contributed by atoms with van der Waals surface area (Å²) in [5.74, 6) is 0.0181. The molecule has 1 aromatic rings. The SMILES string of the molecule is CNCCN(C)C(=O)C1CCCN(C(=O)Nc2ccccc2)C1. The lowest BCUT2D eigenvalue weighted by molar-refractivity contribution is -0.135. The van der Waals surface area contributed by atoms with Crippen molar-refractivity contribution in [2.75, 3.05) is 45.6 Å². The number of urea groups is 1. The molecular formula is C17H26N4O2. The van der Waals surface area contributed by atoms with E-state index in [4.69, 9.17) is 0 Å². The molecule has 1 unspecified atom stereocenters. The van der Waals surface area contributed by atoms with E-state index in [0.717, 1.165) is 25.1 Å². The Bertz CT molecular complexity index is 521. The number of nitrogens with one attached hydrogen (secondary N) is 2. The van der Waals surface area contributed by atoms with Crippen molar-refractivity contribution in [3.8, 4) is 0 Å². The number of hydrogen-bond donors (Lipinski definition) is 2. The van der Waals surface area contributed by atoms with Crippen molar-refractivity contribution >= 4 is 17.6 Å². The Balaban J connectivity index is 1.89. The lowest BCUT2D eigenvalue weighted by Gasteiger charge is -2.34. The van der Waals surface area contributed by atoms with Crippen LogP contribution in [0.2, 0.25) is 0 Å². The molecule has 6 heteroatoms. The van der Waals surface area contributed by atoms with Gasteiger partial charge in [0.1, 0.15) is 0 Å². The summed E-state index contributed by atoms with van der Waals surface area (Å²) >= 11 is 0. The third kappa shape index (κ3) is 4.96. The van der Waals surface area contributed by atoms with Crippen LogP contribution in [0, 0.1) is 5.92 Å². The van der Waals surface area contributed by atoms with Crippen molar-refractivity contribution in [2.24, 2.45) is 5.92 Å². The Morgan fingerprint density at radius 3 is 2.74 bits per heavy atom. The molecule has 3 amide bonds. The predicted molar refractivity (Wildman–Crippen MR) is 91.3 cm³/mol. The van der Waals surface area contributed by atoms with E-state index in [1.54, 1.807) is 9.80 Å². The fourth-order valence-electron chi connectivity index (χ4n) is 2.79. The van der Waals surface area contributed by atoms with E-state index in [1.807, 2.05) is 44.4 Å². The van der Waals surface area contributed by atoms with Gasteiger partial charge in [-0.25, -0.2) is 4.79 Å². The van der Waals surface area contributed by atoms with Gasteiger partial charge in [-0.3, -0.25) is 4.79 Å². The molecule has 2 N–H and O–H groups in total. The van der Waals surface area contributed by atoms with Crippen LogP contribution in [0.3, 0.4) is 0 Å². The largest absolute Gasteiger partial charge is 0.344 e. The number of hydrogen-bond acceptors (Lipinski definition) is 3. The van der Waals surface area contributed by atoms with Gasteiger partial charge in [-0.2, -0.15) is 0 Å². The van der Waals surface area contributed by atoms with Gasteiger partial charge >= 0.3 is 6.03 Å². The number of rotatable bonds is 5. The van der Waals surface area contributed by atoms with Crippen LogP contribution >= 0.6 is 0 Å². The van der Waals surface area contributed by atoms with Crippen molar-refractivity contribution in [1.82, 2.24) is 15.1 Å². The summed E-state index contributed by atoms with van der Waals surface area (Å²) in [5.41, 5.74) is 0.775. The molecule has 1 aromatic carbocycles. The maximum absolute atomic E-state index is 12.5. The second-order valence-corrected chi connectivity index (χ2v) is 5.94. The second kappa shape index (κ2) is 8.53. The van der Waals surface area contributed by atoms with Crippen LogP contribution in [-0.2, 0) is 4.79 Å². The number of likely N-dealkylation sites (N-methyl/N-ethyl adjacent to an activating group) is 2. The van der Waals surface area contributed by atoms with Crippen molar-refractivity contribution in [2.45, 2.75) is 12.8 Å². The highest BCUT2D eigenvalue weighted by atomic mass is 16.2. The fourth-order valence-corrected chi connectivity index (χ4v) is 2.79. The summed E-state index contributed by atoms with van der Waals surface area (Å²) in [6.07, 6.45) is 1.70. The van der Waals surface area contributed by atoms with Gasteiger partial charge in [0.05, 0.1) is 5.92 Å². The number of carbonyl (C=O) groups is 2. The predicted octanol–water partition coefficient (Wildman–Crippen LogP) is 1.61. The second-order valence-electron chi connectivity index (χ2n) is 5.94. The molecule has 0 aromatic heterocycles. The third-order valence-corrected chi connectivity index (χ3v) is 4.16. The van der Waals surface area contributed by atoms with Gasteiger partial charge < -0.3 is 20.4 Å². The molecule has 0 spiro atoms. The quantitative estimate of drug-likeness (QED) is 0.867. The van der Waals surface area contributed by atoms with Gasteiger partial charge in [0.15, 0.2) is 0 Å². The molecule has 2 rings (SSSR count). The molecular weight excluding hydrogens is 292 g/mol. The van der Waals surface area contributed by atoms with Gasteiger partial charge in [-0.05, 0) is 32.0 Å². The van der Waals surface area contributed by atoms with Gasteiger partial charge in [0.2, 0.25) is 5.91 Å². The van der Waals surface area contributed by atoms with Crippen LogP contribution in [0.15, 0.2) is 30.3 Å². The van der Waals surface area contributed by atoms with Crippen LogP contribution in [0.5, 0.6) is 0 Å². The molecule has 1 fully saturated rings. The average Bonchev–Trinajstić information content (AvgIpc) is 2.60. The van der Waals surface area contributed by atoms with E-state index in [-0.39, 0.29) is 17.9 Å². The number of carbonyl (C=O) groups excluding carboxylic acids is 2. The zero-order chi connectivity index (χ0) is 16.7. The minimum absolute atomic E-state index is 0.105. The standard InChI is InChI=1S/C17H26N4O2/c1-18-10-12-20(2)16(22)14-7-6-11-21(13-14)17(23)19-15-8-4-3-5-9-15/h3-5,8-9,14,18H,6-7,10-13H2,1-2H3,(H,19,23). The zero-order valence-electron chi connectivity index (χ0n) is 13.9. The lowest BCUT2D eigenvalue weighted by Crippen LogP contribution is -2.47. The number of anilines is 1. The summed E-state index contributed by atoms with van der Waals surface area (Å²) in [6.45, 7) is 2.64. The summed E-state index contributed by atoms with van der Waals surface area (Å²) in [6, 6.07) is 9.26. The van der Waals surface area contributed by atoms with Crippen LogP contribution in [0.25, 0.3) is 0 Å². The van der Waals surface area contributed by atoms with Crippen LogP contribution < -0.4 is 10.6 Å². The lowest BCUT2D eigenvalue weighted by atomic mass is 9.97. The molecule has 1 aliphatic rings. The topological polar surface area (TPSA) is 64.7 Å². The minimum atomic E-state index is -0.133. The van der Waals surface area contributed by atoms with E-state index in [9.17, 15) is 9.59 Å². The van der Waals surface area contributed by atoms with Gasteiger partial charge in [0.25, 0.3) is 0 Å². The van der Waals surface area contributed by atoms with Crippen molar-refractivity contribution in [3.63, 3.8) is 0 Å². The van der Waals surface area contributed by atoms with Crippen LogP contribution in [0.4, 0.5) is 10.5 Å². The molecule has 6 nitrogen and oxygen atoms in total. The Kier molecular flexibility index (Phi) is 6.40. The van der Waals surface area contributed by atoms with E-state index >= 15 is 0 Å². The monoisotopic (exact) mass is 318 g/mol. The highest BCUT2D eigenvalue weighted by molar-refractivity contribution is 5.90. The summed E-state index contributed by atoms with van der Waals surface area (Å²) in [4.78, 5) is 28.3. The van der Waals surface area contributed by atoms with E-state index < -0.39 is 0 Å². The van der Waals surface area contributed by atoms with Gasteiger partial charge in [0, 0.05) is 38.9 Å². The van der Waals surface area contributed by atoms with Crippen molar-refractivity contribution in [3.05, 3.63) is 30.3 Å². The van der Waals surface area contributed by atoms with Gasteiger partial charge in [-0.15, -0.1) is 0 Å². The first-order valence-corrected chi connectivity index (χ1v) is 8.12. The van der Waals surface area contributed by atoms with Crippen molar-refractivity contribution in [1.29, 1.82) is 0 Å². The summed E-state index contributed by atoms with van der Waals surface area (Å²) < 4.78 is 0. The number of likely N-dealkylation sites (tertiary alicyclic amines) is 1. The maximum Gasteiger partial charge on any atom is 0.321 e. The Morgan fingerprint density at radius 2 is 2.04 bits per heavy atom. The number of nitrogens with zero attached hydrogens (tertiary/aromatic N) is 2. The molecule has 0 saturated carbocycles. The molecule has 0 radical (unpaired) electrons. The average molecular weight is 318 g/mol. The Hall–Kier alpha value is -2.08. The first-order valence-electron chi connectivity index (χ1n) is 8.12. The van der Waals surface area contributed by atoms with Crippen molar-refractivity contribution < 1.29 is 9.59 Å². The maximum atomic E-state index is 12.5. The Labute approximate surface area is 137 Å². The highest BCUT2D eigenvalue weighted by Crippen LogP contribution is 2.19.